The van der Waals surface area contributed by atoms with Crippen molar-refractivity contribution in [3.05, 3.63) is 59.7 Å². The van der Waals surface area contributed by atoms with Gasteiger partial charge in [0.2, 0.25) is 0 Å². The molecule has 0 saturated heterocycles. The van der Waals surface area contributed by atoms with Crippen molar-refractivity contribution in [2.45, 2.75) is 13.2 Å². The average molecular weight is 381 g/mol. The molecular formula is C17H17F2N3O3S. The van der Waals surface area contributed by atoms with Crippen molar-refractivity contribution in [1.29, 1.82) is 0 Å². The Morgan fingerprint density at radius 3 is 2.50 bits per heavy atom. The second-order valence-electron chi connectivity index (χ2n) is 4.99. The van der Waals surface area contributed by atoms with Crippen LogP contribution in [0.3, 0.4) is 0 Å². The highest BCUT2D eigenvalue weighted by atomic mass is 32.1. The van der Waals surface area contributed by atoms with Gasteiger partial charge in [-0.3, -0.25) is 15.6 Å². The molecule has 2 aromatic carbocycles. The molecule has 0 saturated carbocycles. The fourth-order valence-electron chi connectivity index (χ4n) is 2.01. The summed E-state index contributed by atoms with van der Waals surface area (Å²) in [6.45, 7) is -2.49. The van der Waals surface area contributed by atoms with E-state index in [0.29, 0.717) is 6.54 Å². The molecule has 26 heavy (non-hydrogen) atoms. The summed E-state index contributed by atoms with van der Waals surface area (Å²) in [6, 6.07) is 13.4. The molecule has 0 radical (unpaired) electrons. The number of carbonyl (C=O) groups excluding carboxylic acids is 1. The molecule has 0 aliphatic heterocycles. The van der Waals surface area contributed by atoms with Crippen LogP contribution < -0.4 is 25.6 Å². The second kappa shape index (κ2) is 9.52. The average Bonchev–Trinajstić information content (AvgIpc) is 2.65. The Bertz CT molecular complexity index is 760. The SMILES string of the molecule is COc1cc(C(=O)NNC(=S)NCc2ccccc2)ccc1OC(F)F. The van der Waals surface area contributed by atoms with Crippen LogP contribution in [0.4, 0.5) is 8.78 Å². The molecule has 138 valence electrons. The quantitative estimate of drug-likeness (QED) is 0.528. The zero-order valence-corrected chi connectivity index (χ0v) is 14.6. The summed E-state index contributed by atoms with van der Waals surface area (Å²) in [6.07, 6.45) is 0. The van der Waals surface area contributed by atoms with E-state index in [9.17, 15) is 13.6 Å². The number of thiocarbonyl (C=S) groups is 1. The summed E-state index contributed by atoms with van der Waals surface area (Å²) < 4.78 is 33.9. The van der Waals surface area contributed by atoms with E-state index in [1.807, 2.05) is 30.3 Å². The zero-order valence-electron chi connectivity index (χ0n) is 13.8. The van der Waals surface area contributed by atoms with E-state index in [0.717, 1.165) is 5.56 Å². The lowest BCUT2D eigenvalue weighted by molar-refractivity contribution is -0.0512. The summed E-state index contributed by atoms with van der Waals surface area (Å²) in [5.41, 5.74) is 6.19. The molecule has 3 N–H and O–H groups in total. The van der Waals surface area contributed by atoms with Crippen LogP contribution in [-0.4, -0.2) is 24.7 Å². The molecular weight excluding hydrogens is 364 g/mol. The number of halogens is 2. The number of benzene rings is 2. The maximum atomic E-state index is 12.3. The van der Waals surface area contributed by atoms with Crippen LogP contribution in [0.2, 0.25) is 0 Å². The summed E-state index contributed by atoms with van der Waals surface area (Å²) in [7, 11) is 1.29. The van der Waals surface area contributed by atoms with Crippen LogP contribution in [0.5, 0.6) is 11.5 Å². The summed E-state index contributed by atoms with van der Waals surface area (Å²) >= 11 is 5.07. The Kier molecular flexibility index (Phi) is 7.10. The largest absolute Gasteiger partial charge is 0.493 e. The van der Waals surface area contributed by atoms with E-state index in [-0.39, 0.29) is 22.2 Å². The Labute approximate surface area is 154 Å². The number of methoxy groups -OCH3 is 1. The number of amides is 1. The van der Waals surface area contributed by atoms with Gasteiger partial charge in [0.25, 0.3) is 5.91 Å². The number of hydrogen-bond donors (Lipinski definition) is 3. The Balaban J connectivity index is 1.87. The van der Waals surface area contributed by atoms with Crippen LogP contribution in [0.25, 0.3) is 0 Å². The Morgan fingerprint density at radius 1 is 1.12 bits per heavy atom. The minimum absolute atomic E-state index is 0.0164. The summed E-state index contributed by atoms with van der Waals surface area (Å²) in [4.78, 5) is 12.1. The molecule has 0 unspecified atom stereocenters. The maximum absolute atomic E-state index is 12.3. The molecule has 0 aromatic heterocycles. The fraction of sp³-hybridized carbons (Fsp3) is 0.176. The highest BCUT2D eigenvalue weighted by molar-refractivity contribution is 7.80. The Hall–Kier alpha value is -2.94. The number of nitrogens with one attached hydrogen (secondary N) is 3. The van der Waals surface area contributed by atoms with Crippen molar-refractivity contribution in [3.63, 3.8) is 0 Å². The molecule has 0 atom stereocenters. The monoisotopic (exact) mass is 381 g/mol. The third-order valence-electron chi connectivity index (χ3n) is 3.23. The molecule has 2 aromatic rings. The first-order chi connectivity index (χ1) is 12.5. The van der Waals surface area contributed by atoms with Crippen molar-refractivity contribution < 1.29 is 23.0 Å². The van der Waals surface area contributed by atoms with Crippen LogP contribution in [0.1, 0.15) is 15.9 Å². The number of hydrazine groups is 1. The van der Waals surface area contributed by atoms with Crippen LogP contribution >= 0.6 is 12.2 Å². The van der Waals surface area contributed by atoms with E-state index in [1.165, 1.54) is 25.3 Å². The first kappa shape index (κ1) is 19.4. The van der Waals surface area contributed by atoms with Crippen molar-refractivity contribution >= 4 is 23.2 Å². The molecule has 6 nitrogen and oxygen atoms in total. The van der Waals surface area contributed by atoms with E-state index in [2.05, 4.69) is 20.9 Å². The number of alkyl halides is 2. The lowest BCUT2D eigenvalue weighted by Crippen LogP contribution is -2.46. The summed E-state index contributed by atoms with van der Waals surface area (Å²) in [5.74, 6) is -0.662. The van der Waals surface area contributed by atoms with Gasteiger partial charge in [0, 0.05) is 12.1 Å². The fourth-order valence-corrected chi connectivity index (χ4v) is 2.13. The van der Waals surface area contributed by atoms with Crippen molar-refractivity contribution in [3.8, 4) is 11.5 Å². The summed E-state index contributed by atoms with van der Waals surface area (Å²) in [5, 5.41) is 3.17. The maximum Gasteiger partial charge on any atom is 0.387 e. The van der Waals surface area contributed by atoms with Gasteiger partial charge in [-0.05, 0) is 36.0 Å². The van der Waals surface area contributed by atoms with Gasteiger partial charge in [0.15, 0.2) is 16.6 Å². The minimum atomic E-state index is -2.99. The number of rotatable bonds is 6. The van der Waals surface area contributed by atoms with Gasteiger partial charge in [0.1, 0.15) is 0 Å². The smallest absolute Gasteiger partial charge is 0.387 e. The van der Waals surface area contributed by atoms with E-state index in [4.69, 9.17) is 17.0 Å². The van der Waals surface area contributed by atoms with Gasteiger partial charge >= 0.3 is 6.61 Å². The minimum Gasteiger partial charge on any atom is -0.493 e. The van der Waals surface area contributed by atoms with Gasteiger partial charge in [-0.1, -0.05) is 30.3 Å². The number of carbonyl (C=O) groups is 1. The van der Waals surface area contributed by atoms with Crippen LogP contribution in [-0.2, 0) is 6.54 Å². The van der Waals surface area contributed by atoms with Gasteiger partial charge in [-0.2, -0.15) is 8.78 Å². The second-order valence-corrected chi connectivity index (χ2v) is 5.40. The van der Waals surface area contributed by atoms with Gasteiger partial charge < -0.3 is 14.8 Å². The van der Waals surface area contributed by atoms with Gasteiger partial charge in [-0.15, -0.1) is 0 Å². The third kappa shape index (κ3) is 5.85. The molecule has 0 bridgehead atoms. The molecule has 9 heteroatoms. The van der Waals surface area contributed by atoms with E-state index < -0.39 is 12.5 Å². The van der Waals surface area contributed by atoms with E-state index in [1.54, 1.807) is 0 Å². The van der Waals surface area contributed by atoms with Crippen molar-refractivity contribution in [2.75, 3.05) is 7.11 Å². The lowest BCUT2D eigenvalue weighted by Gasteiger charge is -2.13. The highest BCUT2D eigenvalue weighted by Gasteiger charge is 2.14. The Morgan fingerprint density at radius 2 is 1.85 bits per heavy atom. The molecule has 0 spiro atoms. The topological polar surface area (TPSA) is 71.6 Å². The normalized spacial score (nSPS) is 10.2. The lowest BCUT2D eigenvalue weighted by atomic mass is 10.2. The molecule has 0 fully saturated rings. The third-order valence-corrected chi connectivity index (χ3v) is 3.47. The predicted octanol–water partition coefficient (Wildman–Crippen LogP) is 2.61. The molecule has 0 heterocycles. The molecule has 0 aliphatic carbocycles. The first-order valence-electron chi connectivity index (χ1n) is 7.50. The zero-order chi connectivity index (χ0) is 18.9. The van der Waals surface area contributed by atoms with Gasteiger partial charge in [0.05, 0.1) is 7.11 Å². The molecule has 1 amide bonds. The number of hydrogen-bond acceptors (Lipinski definition) is 4. The van der Waals surface area contributed by atoms with Crippen molar-refractivity contribution in [1.82, 2.24) is 16.2 Å². The highest BCUT2D eigenvalue weighted by Crippen LogP contribution is 2.29. The molecule has 2 rings (SSSR count). The van der Waals surface area contributed by atoms with Gasteiger partial charge in [-0.25, -0.2) is 0 Å². The number of ether oxygens (including phenoxy) is 2. The predicted molar refractivity (Wildman–Crippen MR) is 96.1 cm³/mol. The van der Waals surface area contributed by atoms with Crippen LogP contribution in [0, 0.1) is 0 Å². The van der Waals surface area contributed by atoms with Crippen LogP contribution in [0.15, 0.2) is 48.5 Å². The standard InChI is InChI=1S/C17H17F2N3O3S/c1-24-14-9-12(7-8-13(14)25-16(18)19)15(23)21-22-17(26)20-10-11-5-3-2-4-6-11/h2-9,16H,10H2,1H3,(H,21,23)(H2,20,22,26). The van der Waals surface area contributed by atoms with Crippen molar-refractivity contribution in [2.24, 2.45) is 0 Å². The first-order valence-corrected chi connectivity index (χ1v) is 7.91. The van der Waals surface area contributed by atoms with E-state index >= 15 is 0 Å². The molecule has 0 aliphatic rings.